The zero-order valence-corrected chi connectivity index (χ0v) is 44.0. The minimum Gasteiger partial charge on any atom is -0.497 e. The Kier molecular flexibility index (Phi) is 30.9. The van der Waals surface area contributed by atoms with Gasteiger partial charge in [-0.15, -0.1) is 0 Å². The molecule has 1 aliphatic heterocycles. The first-order valence-electron chi connectivity index (χ1n) is 25.6. The maximum absolute atomic E-state index is 14.3. The Morgan fingerprint density at radius 3 is 1.94 bits per heavy atom. The Hall–Kier alpha value is -7.19. The van der Waals surface area contributed by atoms with E-state index < -0.39 is 127 Å². The summed E-state index contributed by atoms with van der Waals surface area (Å²) in [5.41, 5.74) is 44.5. The Balaban J connectivity index is 2.39. The molecule has 1 aromatic carbocycles. The Labute approximate surface area is 452 Å². The molecule has 0 spiro atoms. The van der Waals surface area contributed by atoms with Gasteiger partial charge in [0, 0.05) is 32.6 Å². The van der Waals surface area contributed by atoms with Crippen LogP contribution < -0.4 is 82.5 Å². The van der Waals surface area contributed by atoms with Crippen LogP contribution in [0.3, 0.4) is 0 Å². The number of carboxylic acids is 1. The molecule has 30 nitrogen and oxygen atoms in total. The normalized spacial score (nSPS) is 16.2. The molecule has 1 heterocycles. The maximum Gasteiger partial charge on any atom is 0.352 e. The topological polar surface area (TPSA) is 532 Å². The van der Waals surface area contributed by atoms with E-state index in [1.54, 1.807) is 24.3 Å². The second-order valence-electron chi connectivity index (χ2n) is 18.2. The molecule has 436 valence electrons. The fourth-order valence-corrected chi connectivity index (χ4v) is 7.80. The molecule has 30 heteroatoms. The second kappa shape index (κ2) is 36.0. The van der Waals surface area contributed by atoms with Gasteiger partial charge in [-0.2, -0.15) is 0 Å². The zero-order chi connectivity index (χ0) is 58.3. The summed E-state index contributed by atoms with van der Waals surface area (Å²) >= 11 is 0. The van der Waals surface area contributed by atoms with Crippen LogP contribution in [0.25, 0.3) is 0 Å². The molecule has 8 amide bonds. The fraction of sp³-hybridized carbons (Fsp3) is 0.604. The number of hydrogen-bond acceptors (Lipinski definition) is 19. The van der Waals surface area contributed by atoms with E-state index in [-0.39, 0.29) is 82.8 Å². The molecule has 0 unspecified atom stereocenters. The molecule has 25 N–H and O–H groups in total. The third-order valence-corrected chi connectivity index (χ3v) is 12.1. The SMILES string of the molecule is COc1ccc(C[C@H](NC(=O)[C@@H]2CCCN2C(=O)C(CCCN)=NC(=O)CNC(=O)[C@@H](NC(=O)[C@@H](NC(=O)[C@@H](N)CCCCN)[C@@H](O)CN)[C@@H](O)CN)C(=O)N[C@@H](CCCCN)C(=O)N/C(=C\CCN=C(N)N)C(=O)O)cc1. The van der Waals surface area contributed by atoms with Gasteiger partial charge >= 0.3 is 5.97 Å². The molecule has 8 atom stereocenters. The summed E-state index contributed by atoms with van der Waals surface area (Å²) in [4.78, 5) is 130. The third-order valence-electron chi connectivity index (χ3n) is 12.1. The number of aliphatic imine (C=N–C) groups is 2. The number of carbonyl (C=O) groups is 9. The highest BCUT2D eigenvalue weighted by atomic mass is 16.5. The summed E-state index contributed by atoms with van der Waals surface area (Å²) in [6.07, 6.45) is 0.235. The van der Waals surface area contributed by atoms with Crippen LogP contribution >= 0.6 is 0 Å². The average molecular weight is 1100 g/mol. The van der Waals surface area contributed by atoms with Crippen LogP contribution in [0.5, 0.6) is 5.75 Å². The number of amides is 8. The predicted octanol–water partition coefficient (Wildman–Crippen LogP) is -7.04. The minimum atomic E-state index is -1.85. The molecular formula is C48H81N17O13. The largest absolute Gasteiger partial charge is 0.497 e. The maximum atomic E-state index is 14.3. The van der Waals surface area contributed by atoms with E-state index in [2.05, 4.69) is 41.9 Å². The van der Waals surface area contributed by atoms with Crippen LogP contribution in [-0.4, -0.2) is 193 Å². The highest BCUT2D eigenvalue weighted by Crippen LogP contribution is 2.20. The van der Waals surface area contributed by atoms with Crippen LogP contribution in [0.1, 0.15) is 76.2 Å². The highest BCUT2D eigenvalue weighted by molar-refractivity contribution is 6.40. The molecule has 2 rings (SSSR count). The number of carbonyl (C=O) groups excluding carboxylic acids is 8. The van der Waals surface area contributed by atoms with E-state index in [0.29, 0.717) is 50.0 Å². The van der Waals surface area contributed by atoms with E-state index in [9.17, 15) is 58.5 Å². The number of ether oxygens (including phenoxy) is 1. The molecule has 78 heavy (non-hydrogen) atoms. The average Bonchev–Trinajstić information content (AvgIpc) is 3.92. The number of unbranched alkanes of at least 4 members (excludes halogenated alkanes) is 2. The van der Waals surface area contributed by atoms with Gasteiger partial charge in [0.15, 0.2) is 5.96 Å². The van der Waals surface area contributed by atoms with Gasteiger partial charge in [-0.25, -0.2) is 9.79 Å². The lowest BCUT2D eigenvalue weighted by atomic mass is 10.0. The monoisotopic (exact) mass is 1100 g/mol. The van der Waals surface area contributed by atoms with E-state index in [4.69, 9.17) is 50.6 Å². The van der Waals surface area contributed by atoms with Gasteiger partial charge in [0.05, 0.1) is 31.9 Å². The highest BCUT2D eigenvalue weighted by Gasteiger charge is 2.39. The van der Waals surface area contributed by atoms with Crippen molar-refractivity contribution in [1.29, 1.82) is 0 Å². The standard InChI is InChI=1S/C48H81N17O13/c1-78-28-16-14-27(15-17-28)23-33(42(71)60-30(10-3-5-19-50)41(70)61-32(47(76)77)12-7-21-57-48(55)56)62-43(72)34-13-8-22-65(34)46(75)31(11-6-20-51)59-37(68)26-58-44(73)38(35(66)24-52)64-45(74)39(36(67)25-53)63-40(69)29(54)9-2-4-18-49/h12,14-17,29-30,33-36,38-39,66-67H,2-11,13,18-26,49-54H2,1H3,(H,58,73)(H,60,71)(H,61,70)(H,62,72)(H,63,69)(H,64,74)(H,76,77)(H4,55,56,57)/b32-12-,59-31?/t29-,30-,33-,34-,35-,36-,38-,39-/m0/s1. The molecule has 0 radical (unpaired) electrons. The van der Waals surface area contributed by atoms with Crippen molar-refractivity contribution < 1.29 is 63.2 Å². The molecule has 1 aliphatic rings. The van der Waals surface area contributed by atoms with Gasteiger partial charge < -0.3 is 103 Å². The zero-order valence-electron chi connectivity index (χ0n) is 44.0. The summed E-state index contributed by atoms with van der Waals surface area (Å²) in [5, 5.41) is 45.5. The molecule has 1 saturated heterocycles. The van der Waals surface area contributed by atoms with Crippen molar-refractivity contribution in [2.45, 2.75) is 126 Å². The van der Waals surface area contributed by atoms with E-state index in [1.807, 2.05) is 0 Å². The predicted molar refractivity (Wildman–Crippen MR) is 286 cm³/mol. The molecule has 0 bridgehead atoms. The number of methoxy groups -OCH3 is 1. The van der Waals surface area contributed by atoms with Crippen LogP contribution in [0, 0.1) is 0 Å². The Bertz CT molecular complexity index is 2250. The summed E-state index contributed by atoms with van der Waals surface area (Å²) in [5.74, 6) is -8.67. The van der Waals surface area contributed by atoms with Crippen LogP contribution in [0.15, 0.2) is 46.0 Å². The van der Waals surface area contributed by atoms with Crippen molar-refractivity contribution in [3.63, 3.8) is 0 Å². The number of rotatable bonds is 36. The molecule has 1 fully saturated rings. The van der Waals surface area contributed by atoms with Crippen LogP contribution in [0.4, 0.5) is 0 Å². The summed E-state index contributed by atoms with van der Waals surface area (Å²) in [6.45, 7) is -1.25. The number of aliphatic carboxylic acids is 1. The summed E-state index contributed by atoms with van der Waals surface area (Å²) in [6, 6.07) is -1.99. The molecular weight excluding hydrogens is 1020 g/mol. The number of guanidine groups is 1. The number of nitrogens with one attached hydrogen (secondary N) is 6. The number of likely N-dealkylation sites (tertiary alicyclic amines) is 1. The van der Waals surface area contributed by atoms with Crippen molar-refractivity contribution >= 4 is 64.9 Å². The van der Waals surface area contributed by atoms with Gasteiger partial charge in [-0.1, -0.05) is 24.6 Å². The Morgan fingerprint density at radius 2 is 1.36 bits per heavy atom. The lowest BCUT2D eigenvalue weighted by Gasteiger charge is -2.28. The van der Waals surface area contributed by atoms with Crippen molar-refractivity contribution in [1.82, 2.24) is 36.8 Å². The first-order valence-corrected chi connectivity index (χ1v) is 25.6. The van der Waals surface area contributed by atoms with Gasteiger partial charge in [0.2, 0.25) is 35.4 Å². The van der Waals surface area contributed by atoms with Crippen molar-refractivity contribution in [2.75, 3.05) is 59.5 Å². The van der Waals surface area contributed by atoms with E-state index in [0.717, 1.165) is 0 Å². The van der Waals surface area contributed by atoms with Crippen molar-refractivity contribution in [3.8, 4) is 5.75 Å². The van der Waals surface area contributed by atoms with Crippen molar-refractivity contribution in [3.05, 3.63) is 41.6 Å². The Morgan fingerprint density at radius 1 is 0.756 bits per heavy atom. The number of nitrogens with zero attached hydrogens (tertiary/aromatic N) is 3. The quantitative estimate of drug-likeness (QED) is 0.0128. The van der Waals surface area contributed by atoms with Crippen molar-refractivity contribution in [2.24, 2.45) is 55.9 Å². The van der Waals surface area contributed by atoms with E-state index in [1.165, 1.54) is 18.1 Å². The molecule has 0 saturated carbocycles. The fourth-order valence-electron chi connectivity index (χ4n) is 7.80. The summed E-state index contributed by atoms with van der Waals surface area (Å²) < 4.78 is 5.26. The molecule has 1 aromatic rings. The number of benzene rings is 1. The third kappa shape index (κ3) is 23.2. The summed E-state index contributed by atoms with van der Waals surface area (Å²) in [7, 11) is 1.46. The van der Waals surface area contributed by atoms with Crippen LogP contribution in [-0.2, 0) is 49.6 Å². The molecule has 0 aliphatic carbocycles. The number of carboxylic acid groups (broad SMARTS) is 1. The smallest absolute Gasteiger partial charge is 0.352 e. The number of nitrogens with two attached hydrogens (primary N) is 8. The van der Waals surface area contributed by atoms with Gasteiger partial charge in [0.25, 0.3) is 11.8 Å². The van der Waals surface area contributed by atoms with Gasteiger partial charge in [-0.3, -0.25) is 43.3 Å². The number of aliphatic hydroxyl groups is 2. The number of hydrogen-bond donors (Lipinski definition) is 17. The van der Waals surface area contributed by atoms with Gasteiger partial charge in [0.1, 0.15) is 47.4 Å². The lowest BCUT2D eigenvalue weighted by molar-refractivity contribution is -0.137. The molecule has 0 aromatic heterocycles. The first-order chi connectivity index (χ1) is 37.2. The second-order valence-corrected chi connectivity index (χ2v) is 18.2. The van der Waals surface area contributed by atoms with Crippen LogP contribution in [0.2, 0.25) is 0 Å². The first kappa shape index (κ1) is 66.9. The van der Waals surface area contributed by atoms with E-state index >= 15 is 0 Å². The minimum absolute atomic E-state index is 0.0203. The van der Waals surface area contributed by atoms with Gasteiger partial charge in [-0.05, 0) is 102 Å². The lowest BCUT2D eigenvalue weighted by Crippen LogP contribution is -2.63. The number of aliphatic hydroxyl groups excluding tert-OH is 2.